The molecule has 3 rings (SSSR count). The quantitative estimate of drug-likeness (QED) is 0.775. The highest BCUT2D eigenvalue weighted by Crippen LogP contribution is 2.19. The molecule has 1 saturated heterocycles. The Morgan fingerprint density at radius 2 is 2.19 bits per heavy atom. The normalized spacial score (nSPS) is 18.7. The van der Waals surface area contributed by atoms with Gasteiger partial charge in [0.25, 0.3) is 0 Å². The molecular formula is C14H17N5O2. The number of para-hydroxylation sites is 2. The second kappa shape index (κ2) is 5.43. The van der Waals surface area contributed by atoms with Crippen LogP contribution in [0.15, 0.2) is 24.3 Å². The Bertz CT molecular complexity index is 648. The number of amides is 3. The van der Waals surface area contributed by atoms with Crippen molar-refractivity contribution in [3.05, 3.63) is 24.3 Å². The van der Waals surface area contributed by atoms with E-state index in [1.54, 1.807) is 0 Å². The summed E-state index contributed by atoms with van der Waals surface area (Å²) in [7, 11) is 0. The Morgan fingerprint density at radius 3 is 2.95 bits per heavy atom. The molecule has 0 bridgehead atoms. The summed E-state index contributed by atoms with van der Waals surface area (Å²) in [4.78, 5) is 32.3. The SMILES string of the molecule is NC(=O)N1CCCC(C(=O)Nc2nc3ccccc3[nH]2)C1. The molecule has 1 aromatic carbocycles. The fourth-order valence-electron chi connectivity index (χ4n) is 2.62. The number of benzene rings is 1. The Morgan fingerprint density at radius 1 is 1.38 bits per heavy atom. The fraction of sp³-hybridized carbons (Fsp3) is 0.357. The van der Waals surface area contributed by atoms with Gasteiger partial charge in [-0.15, -0.1) is 0 Å². The van der Waals surface area contributed by atoms with Gasteiger partial charge in [-0.25, -0.2) is 9.78 Å². The summed E-state index contributed by atoms with van der Waals surface area (Å²) >= 11 is 0. The van der Waals surface area contributed by atoms with E-state index in [0.717, 1.165) is 23.9 Å². The molecule has 1 unspecified atom stereocenters. The van der Waals surface area contributed by atoms with Crippen LogP contribution in [-0.2, 0) is 4.79 Å². The summed E-state index contributed by atoms with van der Waals surface area (Å²) in [5.74, 6) is 0.0388. The van der Waals surface area contributed by atoms with Crippen LogP contribution in [0.2, 0.25) is 0 Å². The van der Waals surface area contributed by atoms with Crippen LogP contribution < -0.4 is 11.1 Å². The zero-order chi connectivity index (χ0) is 14.8. The van der Waals surface area contributed by atoms with Crippen molar-refractivity contribution in [2.45, 2.75) is 12.8 Å². The van der Waals surface area contributed by atoms with Crippen molar-refractivity contribution >= 4 is 28.9 Å². The van der Waals surface area contributed by atoms with E-state index in [2.05, 4.69) is 15.3 Å². The third kappa shape index (κ3) is 2.81. The summed E-state index contributed by atoms with van der Waals surface area (Å²) in [6.45, 7) is 0.977. The minimum absolute atomic E-state index is 0.139. The summed E-state index contributed by atoms with van der Waals surface area (Å²) < 4.78 is 0. The van der Waals surface area contributed by atoms with Crippen LogP contribution in [-0.4, -0.2) is 39.9 Å². The number of fused-ring (bicyclic) bond motifs is 1. The number of hydrogen-bond acceptors (Lipinski definition) is 3. The molecule has 4 N–H and O–H groups in total. The van der Waals surface area contributed by atoms with Crippen LogP contribution in [0.5, 0.6) is 0 Å². The molecule has 110 valence electrons. The Balaban J connectivity index is 1.69. The maximum Gasteiger partial charge on any atom is 0.314 e. The van der Waals surface area contributed by atoms with Crippen molar-refractivity contribution < 1.29 is 9.59 Å². The number of primary amides is 1. The molecule has 1 atom stereocenters. The molecule has 1 fully saturated rings. The highest BCUT2D eigenvalue weighted by atomic mass is 16.2. The van der Waals surface area contributed by atoms with Gasteiger partial charge in [0.15, 0.2) is 0 Å². The first-order valence-corrected chi connectivity index (χ1v) is 6.93. The van der Waals surface area contributed by atoms with E-state index in [0.29, 0.717) is 19.0 Å². The average Bonchev–Trinajstić information content (AvgIpc) is 2.89. The van der Waals surface area contributed by atoms with E-state index >= 15 is 0 Å². The lowest BCUT2D eigenvalue weighted by molar-refractivity contribution is -0.121. The third-order valence-corrected chi connectivity index (χ3v) is 3.73. The van der Waals surface area contributed by atoms with Gasteiger partial charge in [0, 0.05) is 13.1 Å². The topological polar surface area (TPSA) is 104 Å². The number of nitrogens with one attached hydrogen (secondary N) is 2. The van der Waals surface area contributed by atoms with Gasteiger partial charge in [-0.05, 0) is 25.0 Å². The monoisotopic (exact) mass is 287 g/mol. The van der Waals surface area contributed by atoms with E-state index < -0.39 is 6.03 Å². The number of nitrogens with two attached hydrogens (primary N) is 1. The summed E-state index contributed by atoms with van der Waals surface area (Å²) in [5, 5.41) is 2.78. The number of piperidine rings is 1. The second-order valence-corrected chi connectivity index (χ2v) is 5.22. The van der Waals surface area contributed by atoms with Crippen LogP contribution >= 0.6 is 0 Å². The number of nitrogens with zero attached hydrogens (tertiary/aromatic N) is 2. The summed E-state index contributed by atoms with van der Waals surface area (Å²) in [5.41, 5.74) is 6.94. The minimum Gasteiger partial charge on any atom is -0.351 e. The lowest BCUT2D eigenvalue weighted by atomic mass is 9.97. The highest BCUT2D eigenvalue weighted by Gasteiger charge is 2.27. The molecule has 7 nitrogen and oxygen atoms in total. The van der Waals surface area contributed by atoms with Crippen molar-refractivity contribution in [1.29, 1.82) is 0 Å². The average molecular weight is 287 g/mol. The molecule has 21 heavy (non-hydrogen) atoms. The van der Waals surface area contributed by atoms with Crippen molar-refractivity contribution in [3.63, 3.8) is 0 Å². The first kappa shape index (κ1) is 13.4. The number of hydrogen-bond donors (Lipinski definition) is 3. The van der Waals surface area contributed by atoms with Crippen LogP contribution in [0.4, 0.5) is 10.7 Å². The van der Waals surface area contributed by atoms with Gasteiger partial charge < -0.3 is 15.6 Å². The van der Waals surface area contributed by atoms with Crippen molar-refractivity contribution in [3.8, 4) is 0 Å². The molecule has 0 radical (unpaired) electrons. The van der Waals surface area contributed by atoms with Crippen LogP contribution in [0, 0.1) is 5.92 Å². The molecule has 3 amide bonds. The predicted molar refractivity (Wildman–Crippen MR) is 78.6 cm³/mol. The van der Waals surface area contributed by atoms with E-state index in [9.17, 15) is 9.59 Å². The maximum atomic E-state index is 12.3. The number of likely N-dealkylation sites (tertiary alicyclic amines) is 1. The standard InChI is InChI=1S/C14H17N5O2/c15-13(21)19-7-3-4-9(8-19)12(20)18-14-16-10-5-1-2-6-11(10)17-14/h1-2,5-6,9H,3-4,7-8H2,(H2,15,21)(H2,16,17,18,20). The highest BCUT2D eigenvalue weighted by molar-refractivity contribution is 5.93. The largest absolute Gasteiger partial charge is 0.351 e. The first-order chi connectivity index (χ1) is 10.1. The smallest absolute Gasteiger partial charge is 0.314 e. The number of anilines is 1. The van der Waals surface area contributed by atoms with Gasteiger partial charge in [-0.3, -0.25) is 10.1 Å². The number of rotatable bonds is 2. The van der Waals surface area contributed by atoms with E-state index in [1.165, 1.54) is 4.90 Å². The molecular weight excluding hydrogens is 270 g/mol. The van der Waals surface area contributed by atoms with E-state index in [4.69, 9.17) is 5.73 Å². The maximum absolute atomic E-state index is 12.3. The molecule has 1 aliphatic heterocycles. The van der Waals surface area contributed by atoms with E-state index in [1.807, 2.05) is 24.3 Å². The molecule has 0 spiro atoms. The number of carbonyl (C=O) groups excluding carboxylic acids is 2. The van der Waals surface area contributed by atoms with Gasteiger partial charge >= 0.3 is 6.03 Å². The molecule has 1 aliphatic rings. The predicted octanol–water partition coefficient (Wildman–Crippen LogP) is 1.29. The van der Waals surface area contributed by atoms with Crippen molar-refractivity contribution in [2.24, 2.45) is 11.7 Å². The number of urea groups is 1. The van der Waals surface area contributed by atoms with Crippen LogP contribution in [0.1, 0.15) is 12.8 Å². The van der Waals surface area contributed by atoms with E-state index in [-0.39, 0.29) is 11.8 Å². The first-order valence-electron chi connectivity index (χ1n) is 6.93. The van der Waals surface area contributed by atoms with Crippen LogP contribution in [0.25, 0.3) is 11.0 Å². The van der Waals surface area contributed by atoms with Gasteiger partial charge in [0.05, 0.1) is 17.0 Å². The molecule has 1 aromatic heterocycles. The van der Waals surface area contributed by atoms with Gasteiger partial charge in [-0.2, -0.15) is 0 Å². The number of H-pyrrole nitrogens is 1. The lowest BCUT2D eigenvalue weighted by Crippen LogP contribution is -2.46. The molecule has 2 heterocycles. The molecule has 0 aliphatic carbocycles. The molecule has 7 heteroatoms. The second-order valence-electron chi connectivity index (χ2n) is 5.22. The van der Waals surface area contributed by atoms with Gasteiger partial charge in [-0.1, -0.05) is 12.1 Å². The Kier molecular flexibility index (Phi) is 3.47. The molecule has 2 aromatic rings. The van der Waals surface area contributed by atoms with Crippen LogP contribution in [0.3, 0.4) is 0 Å². The number of aromatic nitrogens is 2. The lowest BCUT2D eigenvalue weighted by Gasteiger charge is -2.30. The minimum atomic E-state index is -0.476. The molecule has 0 saturated carbocycles. The summed E-state index contributed by atoms with van der Waals surface area (Å²) in [6.07, 6.45) is 1.52. The zero-order valence-corrected chi connectivity index (χ0v) is 11.5. The van der Waals surface area contributed by atoms with Gasteiger partial charge in [0.2, 0.25) is 11.9 Å². The van der Waals surface area contributed by atoms with Gasteiger partial charge in [0.1, 0.15) is 0 Å². The van der Waals surface area contributed by atoms with Crippen molar-refractivity contribution in [1.82, 2.24) is 14.9 Å². The number of imidazole rings is 1. The summed E-state index contributed by atoms with van der Waals surface area (Å²) in [6, 6.07) is 7.08. The van der Waals surface area contributed by atoms with Crippen molar-refractivity contribution in [2.75, 3.05) is 18.4 Å². The zero-order valence-electron chi connectivity index (χ0n) is 11.5. The Hall–Kier alpha value is -2.57. The Labute approximate surface area is 121 Å². The fourth-order valence-corrected chi connectivity index (χ4v) is 2.62. The number of aromatic amines is 1. The third-order valence-electron chi connectivity index (χ3n) is 3.73. The number of carbonyl (C=O) groups is 2.